The molecule has 24 heavy (non-hydrogen) atoms. The number of pyridine rings is 1. The van der Waals surface area contributed by atoms with Gasteiger partial charge in [0.1, 0.15) is 0 Å². The molecule has 5 heteroatoms. The van der Waals surface area contributed by atoms with Gasteiger partial charge in [-0.2, -0.15) is 0 Å². The molecule has 0 aliphatic heterocycles. The number of aromatic nitrogens is 2. The monoisotopic (exact) mass is 337 g/mol. The highest BCUT2D eigenvalue weighted by Crippen LogP contribution is 2.22. The predicted octanol–water partition coefficient (Wildman–Crippen LogP) is 4.19. The van der Waals surface area contributed by atoms with Crippen molar-refractivity contribution in [2.75, 3.05) is 11.4 Å². The van der Waals surface area contributed by atoms with Gasteiger partial charge in [-0.15, -0.1) is 11.3 Å². The molecule has 122 valence electrons. The Morgan fingerprint density at radius 3 is 2.71 bits per heavy atom. The lowest BCUT2D eigenvalue weighted by Gasteiger charge is -2.20. The van der Waals surface area contributed by atoms with Gasteiger partial charge in [0.05, 0.1) is 10.7 Å². The maximum Gasteiger partial charge on any atom is 0.227 e. The van der Waals surface area contributed by atoms with Gasteiger partial charge in [-0.25, -0.2) is 4.98 Å². The summed E-state index contributed by atoms with van der Waals surface area (Å²) in [6.07, 6.45) is 4.67. The summed E-state index contributed by atoms with van der Waals surface area (Å²) in [5.74, 6) is 0.127. The number of amides is 1. The Kier molecular flexibility index (Phi) is 5.33. The first-order valence-electron chi connectivity index (χ1n) is 7.98. The first-order valence-corrected chi connectivity index (χ1v) is 8.86. The van der Waals surface area contributed by atoms with Gasteiger partial charge in [-0.05, 0) is 31.2 Å². The molecular weight excluding hydrogens is 318 g/mol. The SMILES string of the molecule is CCN(C(=O)CCc1nc(-c2cccnc2)cs1)c1ccccc1. The zero-order chi connectivity index (χ0) is 16.8. The van der Waals surface area contributed by atoms with Crippen molar-refractivity contribution in [2.24, 2.45) is 0 Å². The van der Waals surface area contributed by atoms with Crippen molar-refractivity contribution < 1.29 is 4.79 Å². The molecule has 0 spiro atoms. The van der Waals surface area contributed by atoms with Crippen LogP contribution in [0.2, 0.25) is 0 Å². The van der Waals surface area contributed by atoms with Gasteiger partial charge in [-0.3, -0.25) is 9.78 Å². The molecule has 0 unspecified atom stereocenters. The number of benzene rings is 1. The average molecular weight is 337 g/mol. The fraction of sp³-hybridized carbons (Fsp3) is 0.211. The molecule has 0 N–H and O–H groups in total. The highest BCUT2D eigenvalue weighted by molar-refractivity contribution is 7.09. The smallest absolute Gasteiger partial charge is 0.227 e. The minimum Gasteiger partial charge on any atom is -0.313 e. The van der Waals surface area contributed by atoms with Crippen LogP contribution in [-0.4, -0.2) is 22.4 Å². The van der Waals surface area contributed by atoms with Crippen LogP contribution in [0.1, 0.15) is 18.4 Å². The molecule has 3 aromatic rings. The third-order valence-corrected chi connectivity index (χ3v) is 4.66. The van der Waals surface area contributed by atoms with Crippen LogP contribution in [0, 0.1) is 0 Å². The van der Waals surface area contributed by atoms with Gasteiger partial charge >= 0.3 is 0 Å². The largest absolute Gasteiger partial charge is 0.313 e. The number of aryl methyl sites for hydroxylation is 1. The van der Waals surface area contributed by atoms with Crippen LogP contribution in [0.5, 0.6) is 0 Å². The summed E-state index contributed by atoms with van der Waals surface area (Å²) < 4.78 is 0. The van der Waals surface area contributed by atoms with Crippen molar-refractivity contribution in [1.82, 2.24) is 9.97 Å². The highest BCUT2D eigenvalue weighted by atomic mass is 32.1. The van der Waals surface area contributed by atoms with Crippen LogP contribution < -0.4 is 4.90 Å². The van der Waals surface area contributed by atoms with Crippen molar-refractivity contribution >= 4 is 22.9 Å². The van der Waals surface area contributed by atoms with E-state index in [1.54, 1.807) is 23.7 Å². The Labute approximate surface area is 145 Å². The molecule has 1 amide bonds. The number of nitrogens with zero attached hydrogens (tertiary/aromatic N) is 3. The van der Waals surface area contributed by atoms with Crippen molar-refractivity contribution in [3.8, 4) is 11.3 Å². The number of carbonyl (C=O) groups is 1. The average Bonchev–Trinajstić information content (AvgIpc) is 3.11. The van der Waals surface area contributed by atoms with Crippen molar-refractivity contribution in [3.05, 3.63) is 65.2 Å². The van der Waals surface area contributed by atoms with Gasteiger partial charge in [0, 0.05) is 48.4 Å². The molecule has 0 bridgehead atoms. The van der Waals surface area contributed by atoms with Gasteiger partial charge in [0.15, 0.2) is 0 Å². The van der Waals surface area contributed by atoms with E-state index in [0.717, 1.165) is 22.0 Å². The van der Waals surface area contributed by atoms with Crippen LogP contribution in [-0.2, 0) is 11.2 Å². The predicted molar refractivity (Wildman–Crippen MR) is 98.1 cm³/mol. The van der Waals surface area contributed by atoms with Crippen LogP contribution >= 0.6 is 11.3 Å². The first kappa shape index (κ1) is 16.3. The Balaban J connectivity index is 1.63. The molecule has 4 nitrogen and oxygen atoms in total. The Bertz CT molecular complexity index is 787. The third-order valence-electron chi connectivity index (χ3n) is 3.75. The highest BCUT2D eigenvalue weighted by Gasteiger charge is 2.14. The molecule has 0 saturated carbocycles. The minimum atomic E-state index is 0.127. The van der Waals surface area contributed by atoms with E-state index in [-0.39, 0.29) is 5.91 Å². The van der Waals surface area contributed by atoms with E-state index in [1.165, 1.54) is 0 Å². The second kappa shape index (κ2) is 7.84. The van der Waals surface area contributed by atoms with E-state index in [0.29, 0.717) is 19.4 Å². The topological polar surface area (TPSA) is 46.1 Å². The van der Waals surface area contributed by atoms with Gasteiger partial charge in [0.2, 0.25) is 5.91 Å². The number of hydrogen-bond donors (Lipinski definition) is 0. The molecular formula is C19H19N3OS. The normalized spacial score (nSPS) is 10.5. The van der Waals surface area contributed by atoms with E-state index in [1.807, 2.05) is 59.7 Å². The van der Waals surface area contributed by atoms with Crippen LogP contribution in [0.25, 0.3) is 11.3 Å². The number of para-hydroxylation sites is 1. The van der Waals surface area contributed by atoms with Gasteiger partial charge in [-0.1, -0.05) is 18.2 Å². The van der Waals surface area contributed by atoms with E-state index in [9.17, 15) is 4.79 Å². The summed E-state index contributed by atoms with van der Waals surface area (Å²) in [5, 5.41) is 3.00. The zero-order valence-electron chi connectivity index (χ0n) is 13.6. The number of anilines is 1. The standard InChI is InChI=1S/C19H19N3OS/c1-2-22(16-8-4-3-5-9-16)19(23)11-10-18-21-17(14-24-18)15-7-6-12-20-13-15/h3-9,12-14H,2,10-11H2,1H3. The molecule has 1 aromatic carbocycles. The third kappa shape index (κ3) is 3.86. The van der Waals surface area contributed by atoms with Gasteiger partial charge < -0.3 is 4.90 Å². The van der Waals surface area contributed by atoms with Gasteiger partial charge in [0.25, 0.3) is 0 Å². The quantitative estimate of drug-likeness (QED) is 0.677. The summed E-state index contributed by atoms with van der Waals surface area (Å²) in [7, 11) is 0. The lowest BCUT2D eigenvalue weighted by molar-refractivity contribution is -0.118. The van der Waals surface area contributed by atoms with Crippen LogP contribution in [0.4, 0.5) is 5.69 Å². The summed E-state index contributed by atoms with van der Waals surface area (Å²) >= 11 is 1.59. The number of carbonyl (C=O) groups excluding carboxylic acids is 1. The number of rotatable bonds is 6. The fourth-order valence-corrected chi connectivity index (χ4v) is 3.34. The maximum absolute atomic E-state index is 12.5. The van der Waals surface area contributed by atoms with Crippen molar-refractivity contribution in [3.63, 3.8) is 0 Å². The molecule has 0 aliphatic rings. The summed E-state index contributed by atoms with van der Waals surface area (Å²) in [5.41, 5.74) is 2.87. The molecule has 0 fully saturated rings. The van der Waals surface area contributed by atoms with E-state index in [4.69, 9.17) is 0 Å². The number of thiazole rings is 1. The molecule has 0 atom stereocenters. The molecule has 3 rings (SSSR count). The zero-order valence-corrected chi connectivity index (χ0v) is 14.4. The molecule has 2 aromatic heterocycles. The van der Waals surface area contributed by atoms with Crippen molar-refractivity contribution in [1.29, 1.82) is 0 Å². The van der Waals surface area contributed by atoms with E-state index >= 15 is 0 Å². The molecule has 2 heterocycles. The molecule has 0 saturated heterocycles. The van der Waals surface area contributed by atoms with Crippen molar-refractivity contribution in [2.45, 2.75) is 19.8 Å². The Morgan fingerprint density at radius 2 is 2.00 bits per heavy atom. The van der Waals surface area contributed by atoms with Crippen LogP contribution in [0.15, 0.2) is 60.2 Å². The molecule has 0 aliphatic carbocycles. The summed E-state index contributed by atoms with van der Waals surface area (Å²) in [6.45, 7) is 2.66. The second-order valence-corrected chi connectivity index (χ2v) is 6.28. The lowest BCUT2D eigenvalue weighted by atomic mass is 10.2. The fourth-order valence-electron chi connectivity index (χ4n) is 2.53. The van der Waals surface area contributed by atoms with E-state index in [2.05, 4.69) is 9.97 Å². The van der Waals surface area contributed by atoms with E-state index < -0.39 is 0 Å². The summed E-state index contributed by atoms with van der Waals surface area (Å²) in [4.78, 5) is 23.1. The number of hydrogen-bond acceptors (Lipinski definition) is 4. The summed E-state index contributed by atoms with van der Waals surface area (Å²) in [6, 6.07) is 13.7. The lowest BCUT2D eigenvalue weighted by Crippen LogP contribution is -2.30. The molecule has 0 radical (unpaired) electrons. The maximum atomic E-state index is 12.5. The Hall–Kier alpha value is -2.53. The second-order valence-electron chi connectivity index (χ2n) is 5.34. The minimum absolute atomic E-state index is 0.127. The first-order chi connectivity index (χ1) is 11.8. The Morgan fingerprint density at radius 1 is 1.17 bits per heavy atom. The van der Waals surface area contributed by atoms with Crippen LogP contribution in [0.3, 0.4) is 0 Å².